The first-order valence-electron chi connectivity index (χ1n) is 14.8. The second-order valence-electron chi connectivity index (χ2n) is 12.2. The summed E-state index contributed by atoms with van der Waals surface area (Å²) in [6.07, 6.45) is 0. The van der Waals surface area contributed by atoms with Gasteiger partial charge < -0.3 is 4.90 Å². The second kappa shape index (κ2) is 8.44. The van der Waals surface area contributed by atoms with Gasteiger partial charge in [-0.15, -0.1) is 0 Å². The average molecular weight is 536 g/mol. The highest BCUT2D eigenvalue weighted by molar-refractivity contribution is 6.12. The Morgan fingerprint density at radius 3 is 1.79 bits per heavy atom. The molecule has 42 heavy (non-hydrogen) atoms. The third kappa shape index (κ3) is 3.14. The average Bonchev–Trinajstić information content (AvgIpc) is 3.24. The van der Waals surface area contributed by atoms with Gasteiger partial charge in [-0.3, -0.25) is 0 Å². The number of para-hydroxylation sites is 1. The van der Waals surface area contributed by atoms with E-state index in [0.29, 0.717) is 0 Å². The standard InChI is InChI=1S/C41H29N/c1-41(2)36-24-28-12-4-3-11-27(28)23-35(36)32-22-21-29(25-37(32)41)42-38-19-8-7-17-33(38)30-15-5-6-16-31(30)34-18-9-13-26-14-10-20-39(42)40(26)34/h3-25H,1-2H3. The van der Waals surface area contributed by atoms with Gasteiger partial charge in [0.15, 0.2) is 0 Å². The van der Waals surface area contributed by atoms with E-state index in [2.05, 4.69) is 158 Å². The fourth-order valence-corrected chi connectivity index (χ4v) is 7.54. The molecule has 2 aliphatic rings. The molecule has 1 aliphatic carbocycles. The predicted molar refractivity (Wildman–Crippen MR) is 178 cm³/mol. The van der Waals surface area contributed by atoms with E-state index < -0.39 is 0 Å². The Labute approximate surface area is 246 Å². The molecule has 0 aromatic heterocycles. The summed E-state index contributed by atoms with van der Waals surface area (Å²) in [4.78, 5) is 2.49. The van der Waals surface area contributed by atoms with Crippen LogP contribution in [0.4, 0.5) is 17.1 Å². The summed E-state index contributed by atoms with van der Waals surface area (Å²) < 4.78 is 0. The van der Waals surface area contributed by atoms with Crippen molar-refractivity contribution in [3.05, 3.63) is 151 Å². The minimum atomic E-state index is -0.108. The minimum absolute atomic E-state index is 0.108. The summed E-state index contributed by atoms with van der Waals surface area (Å²) >= 11 is 0. The number of hydrogen-bond acceptors (Lipinski definition) is 1. The molecule has 0 radical (unpaired) electrons. The van der Waals surface area contributed by atoms with Crippen molar-refractivity contribution in [3.63, 3.8) is 0 Å². The third-order valence-electron chi connectivity index (χ3n) is 9.56. The van der Waals surface area contributed by atoms with E-state index in [1.54, 1.807) is 0 Å². The first-order chi connectivity index (χ1) is 20.6. The number of hydrogen-bond donors (Lipinski definition) is 0. The Morgan fingerprint density at radius 2 is 0.976 bits per heavy atom. The first kappa shape index (κ1) is 23.6. The lowest BCUT2D eigenvalue weighted by Gasteiger charge is -2.33. The van der Waals surface area contributed by atoms with E-state index in [4.69, 9.17) is 0 Å². The van der Waals surface area contributed by atoms with Crippen LogP contribution in [-0.2, 0) is 5.41 Å². The van der Waals surface area contributed by atoms with E-state index >= 15 is 0 Å². The van der Waals surface area contributed by atoms with E-state index in [-0.39, 0.29) is 5.41 Å². The molecule has 0 fully saturated rings. The van der Waals surface area contributed by atoms with Crippen LogP contribution in [0.2, 0.25) is 0 Å². The molecule has 0 amide bonds. The molecule has 198 valence electrons. The number of rotatable bonds is 1. The lowest BCUT2D eigenvalue weighted by molar-refractivity contribution is 0.661. The second-order valence-corrected chi connectivity index (χ2v) is 12.2. The van der Waals surface area contributed by atoms with Crippen molar-refractivity contribution in [2.24, 2.45) is 0 Å². The van der Waals surface area contributed by atoms with Crippen molar-refractivity contribution in [3.8, 4) is 33.4 Å². The maximum absolute atomic E-state index is 2.49. The summed E-state index contributed by atoms with van der Waals surface area (Å²) in [6.45, 7) is 4.76. The van der Waals surface area contributed by atoms with Crippen molar-refractivity contribution in [2.45, 2.75) is 19.3 Å². The van der Waals surface area contributed by atoms with Gasteiger partial charge in [-0.25, -0.2) is 0 Å². The number of fused-ring (bicyclic) bond motifs is 8. The van der Waals surface area contributed by atoms with Crippen molar-refractivity contribution in [2.75, 3.05) is 4.90 Å². The molecule has 1 heteroatoms. The highest BCUT2D eigenvalue weighted by atomic mass is 15.1. The fourth-order valence-electron chi connectivity index (χ4n) is 7.54. The highest BCUT2D eigenvalue weighted by Gasteiger charge is 2.37. The van der Waals surface area contributed by atoms with Gasteiger partial charge in [-0.2, -0.15) is 0 Å². The maximum Gasteiger partial charge on any atom is 0.0546 e. The summed E-state index contributed by atoms with van der Waals surface area (Å²) in [5.41, 5.74) is 14.0. The molecule has 0 saturated carbocycles. The number of anilines is 3. The maximum atomic E-state index is 2.49. The quantitative estimate of drug-likeness (QED) is 0.202. The molecule has 1 nitrogen and oxygen atoms in total. The SMILES string of the molecule is CC1(C)c2cc(N3c4ccccc4-c4ccccc4-c4cccc5cccc3c45)ccc2-c2cc3ccccc3cc21. The van der Waals surface area contributed by atoms with Gasteiger partial charge in [0, 0.05) is 22.1 Å². The smallest absolute Gasteiger partial charge is 0.0546 e. The van der Waals surface area contributed by atoms with Gasteiger partial charge in [0.05, 0.1) is 11.4 Å². The van der Waals surface area contributed by atoms with Crippen molar-refractivity contribution >= 4 is 38.6 Å². The van der Waals surface area contributed by atoms with E-state index in [0.717, 1.165) is 0 Å². The van der Waals surface area contributed by atoms with Gasteiger partial charge in [-0.1, -0.05) is 117 Å². The fraction of sp³-hybridized carbons (Fsp3) is 0.0732. The Balaban J connectivity index is 1.34. The lowest BCUT2D eigenvalue weighted by Crippen LogP contribution is -2.17. The van der Waals surface area contributed by atoms with E-state index in [1.807, 2.05) is 0 Å². The summed E-state index contributed by atoms with van der Waals surface area (Å²) in [7, 11) is 0. The molecule has 0 spiro atoms. The molecular formula is C41H29N. The summed E-state index contributed by atoms with van der Waals surface area (Å²) in [6, 6.07) is 51.8. The summed E-state index contributed by atoms with van der Waals surface area (Å²) in [5, 5.41) is 5.14. The van der Waals surface area contributed by atoms with Crippen LogP contribution in [0.1, 0.15) is 25.0 Å². The molecule has 0 saturated heterocycles. The van der Waals surface area contributed by atoms with Gasteiger partial charge in [0.2, 0.25) is 0 Å². The van der Waals surface area contributed by atoms with Gasteiger partial charge >= 0.3 is 0 Å². The van der Waals surface area contributed by atoms with Crippen molar-refractivity contribution in [1.29, 1.82) is 0 Å². The normalized spacial score (nSPS) is 14.1. The molecule has 7 aromatic carbocycles. The molecule has 7 aromatic rings. The molecule has 9 rings (SSSR count). The third-order valence-corrected chi connectivity index (χ3v) is 9.56. The molecular weight excluding hydrogens is 506 g/mol. The highest BCUT2D eigenvalue weighted by Crippen LogP contribution is 2.54. The van der Waals surface area contributed by atoms with E-state index in [9.17, 15) is 0 Å². The van der Waals surface area contributed by atoms with Gasteiger partial charge in [0.1, 0.15) is 0 Å². The molecule has 0 atom stereocenters. The van der Waals surface area contributed by atoms with Crippen molar-refractivity contribution in [1.82, 2.24) is 0 Å². The lowest BCUT2D eigenvalue weighted by atomic mass is 9.81. The monoisotopic (exact) mass is 535 g/mol. The van der Waals surface area contributed by atoms with Crippen LogP contribution in [0.25, 0.3) is 54.9 Å². The predicted octanol–water partition coefficient (Wildman–Crippen LogP) is 11.4. The zero-order valence-electron chi connectivity index (χ0n) is 23.7. The largest absolute Gasteiger partial charge is 0.309 e. The van der Waals surface area contributed by atoms with Crippen LogP contribution in [0.15, 0.2) is 140 Å². The Kier molecular flexibility index (Phi) is 4.73. The van der Waals surface area contributed by atoms with Gasteiger partial charge in [-0.05, 0) is 91.5 Å². The Bertz CT molecular complexity index is 2230. The van der Waals surface area contributed by atoms with Crippen molar-refractivity contribution < 1.29 is 0 Å². The van der Waals surface area contributed by atoms with Gasteiger partial charge in [0.25, 0.3) is 0 Å². The first-order valence-corrected chi connectivity index (χ1v) is 14.8. The number of nitrogens with zero attached hydrogens (tertiary/aromatic N) is 1. The topological polar surface area (TPSA) is 3.24 Å². The van der Waals surface area contributed by atoms with Crippen LogP contribution >= 0.6 is 0 Å². The summed E-state index contributed by atoms with van der Waals surface area (Å²) in [5.74, 6) is 0. The van der Waals surface area contributed by atoms with E-state index in [1.165, 1.54) is 83.1 Å². The number of benzene rings is 7. The van der Waals surface area contributed by atoms with Crippen LogP contribution in [0.5, 0.6) is 0 Å². The van der Waals surface area contributed by atoms with Crippen LogP contribution in [0, 0.1) is 0 Å². The zero-order chi connectivity index (χ0) is 28.0. The Morgan fingerprint density at radius 1 is 0.405 bits per heavy atom. The molecule has 1 heterocycles. The van der Waals surface area contributed by atoms with Crippen LogP contribution in [0.3, 0.4) is 0 Å². The molecule has 0 bridgehead atoms. The van der Waals surface area contributed by atoms with Crippen LogP contribution < -0.4 is 4.90 Å². The Hall–Kier alpha value is -5.14. The zero-order valence-corrected chi connectivity index (χ0v) is 23.7. The van der Waals surface area contributed by atoms with Crippen LogP contribution in [-0.4, -0.2) is 0 Å². The molecule has 1 aliphatic heterocycles. The molecule has 0 unspecified atom stereocenters. The minimum Gasteiger partial charge on any atom is -0.309 e. The molecule has 0 N–H and O–H groups in total.